The monoisotopic (exact) mass is 251 g/mol. The summed E-state index contributed by atoms with van der Waals surface area (Å²) in [4.78, 5) is 4.55. The molecule has 0 saturated carbocycles. The van der Waals surface area contributed by atoms with Crippen molar-refractivity contribution in [3.63, 3.8) is 0 Å². The largest absolute Gasteiger partial charge is 0.378 e. The van der Waals surface area contributed by atoms with Gasteiger partial charge in [-0.2, -0.15) is 4.98 Å². The van der Waals surface area contributed by atoms with Crippen molar-refractivity contribution in [3.05, 3.63) is 11.7 Å². The second-order valence-electron chi connectivity index (χ2n) is 5.44. The fraction of sp³-hybridized carbons (Fsp3) is 0.846. The van der Waals surface area contributed by atoms with Crippen LogP contribution in [0.15, 0.2) is 4.52 Å². The lowest BCUT2D eigenvalue weighted by molar-refractivity contribution is 0.113. The maximum absolute atomic E-state index is 5.54. The second-order valence-corrected chi connectivity index (χ2v) is 5.44. The fourth-order valence-electron chi connectivity index (χ4n) is 2.91. The highest BCUT2D eigenvalue weighted by Gasteiger charge is 2.31. The lowest BCUT2D eigenvalue weighted by atomic mass is 9.96. The van der Waals surface area contributed by atoms with Gasteiger partial charge in [-0.25, -0.2) is 0 Å². The van der Waals surface area contributed by atoms with Crippen LogP contribution in [0.2, 0.25) is 0 Å². The Balaban J connectivity index is 1.62. The van der Waals surface area contributed by atoms with Gasteiger partial charge in [-0.1, -0.05) is 5.16 Å². The van der Waals surface area contributed by atoms with Crippen molar-refractivity contribution in [2.45, 2.75) is 44.6 Å². The summed E-state index contributed by atoms with van der Waals surface area (Å²) in [6.07, 6.45) is 4.64. The van der Waals surface area contributed by atoms with Crippen LogP contribution in [0.3, 0.4) is 0 Å². The number of piperidine rings is 1. The molecule has 3 unspecified atom stereocenters. The molecule has 3 atom stereocenters. The average Bonchev–Trinajstić information content (AvgIpc) is 2.99. The van der Waals surface area contributed by atoms with E-state index >= 15 is 0 Å². The molecule has 100 valence electrons. The lowest BCUT2D eigenvalue weighted by Gasteiger charge is -2.20. The molecular formula is C13H21N3O2. The Bertz CT molecular complexity index is 387. The van der Waals surface area contributed by atoms with Crippen LogP contribution >= 0.6 is 0 Å². The van der Waals surface area contributed by atoms with Gasteiger partial charge in [-0.05, 0) is 45.2 Å². The van der Waals surface area contributed by atoms with Gasteiger partial charge in [0, 0.05) is 13.0 Å². The van der Waals surface area contributed by atoms with E-state index in [4.69, 9.17) is 9.26 Å². The van der Waals surface area contributed by atoms with E-state index in [1.54, 1.807) is 0 Å². The number of rotatable bonds is 3. The van der Waals surface area contributed by atoms with Gasteiger partial charge in [0.1, 0.15) is 0 Å². The van der Waals surface area contributed by atoms with E-state index in [1.165, 1.54) is 12.8 Å². The van der Waals surface area contributed by atoms with Gasteiger partial charge in [0.2, 0.25) is 5.89 Å². The van der Waals surface area contributed by atoms with Gasteiger partial charge in [0.15, 0.2) is 5.82 Å². The van der Waals surface area contributed by atoms with E-state index in [9.17, 15) is 0 Å². The van der Waals surface area contributed by atoms with Gasteiger partial charge in [0.25, 0.3) is 0 Å². The topological polar surface area (TPSA) is 60.2 Å². The van der Waals surface area contributed by atoms with E-state index in [0.717, 1.165) is 44.3 Å². The van der Waals surface area contributed by atoms with Crippen molar-refractivity contribution in [3.8, 4) is 0 Å². The van der Waals surface area contributed by atoms with E-state index in [2.05, 4.69) is 22.4 Å². The van der Waals surface area contributed by atoms with Crippen LogP contribution in [0, 0.1) is 5.92 Å². The maximum Gasteiger partial charge on any atom is 0.232 e. The normalized spacial score (nSPS) is 32.8. The van der Waals surface area contributed by atoms with Crippen molar-refractivity contribution >= 4 is 0 Å². The number of nitrogens with one attached hydrogen (secondary N) is 1. The molecule has 0 radical (unpaired) electrons. The summed E-state index contributed by atoms with van der Waals surface area (Å²) in [5.74, 6) is 2.56. The molecule has 0 amide bonds. The predicted octanol–water partition coefficient (Wildman–Crippen LogP) is 1.50. The van der Waals surface area contributed by atoms with Gasteiger partial charge >= 0.3 is 0 Å². The Morgan fingerprint density at radius 2 is 2.33 bits per heavy atom. The molecule has 1 N–H and O–H groups in total. The second kappa shape index (κ2) is 5.36. The Morgan fingerprint density at radius 1 is 1.39 bits per heavy atom. The van der Waals surface area contributed by atoms with Crippen LogP contribution in [0.1, 0.15) is 43.8 Å². The summed E-state index contributed by atoms with van der Waals surface area (Å²) >= 11 is 0. The van der Waals surface area contributed by atoms with Crippen LogP contribution in [-0.4, -0.2) is 35.9 Å². The fourth-order valence-corrected chi connectivity index (χ4v) is 2.91. The Labute approximate surface area is 107 Å². The number of hydrogen-bond donors (Lipinski definition) is 1. The first-order valence-electron chi connectivity index (χ1n) is 6.97. The maximum atomic E-state index is 5.54. The van der Waals surface area contributed by atoms with Crippen molar-refractivity contribution in [2.75, 3.05) is 19.7 Å². The van der Waals surface area contributed by atoms with Gasteiger partial charge in [0.05, 0.1) is 12.0 Å². The Kier molecular flexibility index (Phi) is 3.61. The molecule has 0 aromatic carbocycles. The summed E-state index contributed by atoms with van der Waals surface area (Å²) in [5, 5.41) is 7.54. The molecule has 2 saturated heterocycles. The quantitative estimate of drug-likeness (QED) is 0.882. The number of hydrogen-bond acceptors (Lipinski definition) is 5. The van der Waals surface area contributed by atoms with Crippen molar-refractivity contribution in [2.24, 2.45) is 5.92 Å². The third-order valence-electron chi connectivity index (χ3n) is 4.05. The zero-order valence-corrected chi connectivity index (χ0v) is 10.9. The molecule has 2 aliphatic rings. The third kappa shape index (κ3) is 2.57. The summed E-state index contributed by atoms with van der Waals surface area (Å²) in [5.41, 5.74) is 0. The number of nitrogens with zero attached hydrogens (tertiary/aromatic N) is 2. The highest BCUT2D eigenvalue weighted by molar-refractivity contribution is 5.00. The minimum Gasteiger partial charge on any atom is -0.378 e. The van der Waals surface area contributed by atoms with Crippen LogP contribution in [0.25, 0.3) is 0 Å². The van der Waals surface area contributed by atoms with Crippen LogP contribution < -0.4 is 5.32 Å². The third-order valence-corrected chi connectivity index (χ3v) is 4.05. The molecule has 3 heterocycles. The Hall–Kier alpha value is -0.940. The summed E-state index contributed by atoms with van der Waals surface area (Å²) < 4.78 is 10.9. The molecule has 2 fully saturated rings. The molecule has 18 heavy (non-hydrogen) atoms. The lowest BCUT2D eigenvalue weighted by Crippen LogP contribution is -2.31. The summed E-state index contributed by atoms with van der Waals surface area (Å²) in [6.45, 7) is 5.10. The zero-order chi connectivity index (χ0) is 12.4. The van der Waals surface area contributed by atoms with Crippen LogP contribution in [0.5, 0.6) is 0 Å². The summed E-state index contributed by atoms with van der Waals surface area (Å²) in [7, 11) is 0. The minimum absolute atomic E-state index is 0.203. The standard InChI is InChI=1S/C13H21N3O2/c1-9-11(4-6-17-9)13-15-12(16-18-13)7-10-3-2-5-14-8-10/h9-11,14H,2-8H2,1H3. The van der Waals surface area contributed by atoms with Crippen molar-refractivity contribution in [1.29, 1.82) is 0 Å². The van der Waals surface area contributed by atoms with Gasteiger partial charge in [-0.15, -0.1) is 0 Å². The molecule has 0 spiro atoms. The molecule has 5 heteroatoms. The SMILES string of the molecule is CC1OCCC1c1nc(CC2CCCNC2)no1. The first-order chi connectivity index (χ1) is 8.83. The first kappa shape index (κ1) is 12.1. The van der Waals surface area contributed by atoms with Crippen LogP contribution in [-0.2, 0) is 11.2 Å². The smallest absolute Gasteiger partial charge is 0.232 e. The first-order valence-corrected chi connectivity index (χ1v) is 6.97. The number of ether oxygens (including phenoxy) is 1. The van der Waals surface area contributed by atoms with Crippen molar-refractivity contribution < 1.29 is 9.26 Å². The highest BCUT2D eigenvalue weighted by atomic mass is 16.5. The molecule has 3 rings (SSSR count). The van der Waals surface area contributed by atoms with Gasteiger partial charge in [-0.3, -0.25) is 0 Å². The van der Waals surface area contributed by atoms with E-state index < -0.39 is 0 Å². The molecular weight excluding hydrogens is 230 g/mol. The molecule has 0 bridgehead atoms. The number of aromatic nitrogens is 2. The molecule has 1 aromatic rings. The molecule has 2 aliphatic heterocycles. The zero-order valence-electron chi connectivity index (χ0n) is 10.9. The highest BCUT2D eigenvalue weighted by Crippen LogP contribution is 2.30. The van der Waals surface area contributed by atoms with Crippen LogP contribution in [0.4, 0.5) is 0 Å². The van der Waals surface area contributed by atoms with E-state index in [1.807, 2.05) is 0 Å². The van der Waals surface area contributed by atoms with Gasteiger partial charge < -0.3 is 14.6 Å². The molecule has 5 nitrogen and oxygen atoms in total. The van der Waals surface area contributed by atoms with E-state index in [0.29, 0.717) is 5.92 Å². The summed E-state index contributed by atoms with van der Waals surface area (Å²) in [6, 6.07) is 0. The Morgan fingerprint density at radius 3 is 3.06 bits per heavy atom. The predicted molar refractivity (Wildman–Crippen MR) is 66.4 cm³/mol. The minimum atomic E-state index is 0.203. The molecule has 1 aromatic heterocycles. The van der Waals surface area contributed by atoms with E-state index in [-0.39, 0.29) is 12.0 Å². The molecule has 0 aliphatic carbocycles. The average molecular weight is 251 g/mol. The van der Waals surface area contributed by atoms with Crippen molar-refractivity contribution in [1.82, 2.24) is 15.5 Å².